The number of hydrogen-bond donors (Lipinski definition) is 1. The molecule has 102 valence electrons. The zero-order chi connectivity index (χ0) is 14.2. The van der Waals surface area contributed by atoms with Gasteiger partial charge in [0.2, 0.25) is 0 Å². The van der Waals surface area contributed by atoms with Gasteiger partial charge in [-0.15, -0.1) is 11.3 Å². The van der Waals surface area contributed by atoms with Gasteiger partial charge in [-0.2, -0.15) is 0 Å². The number of rotatable bonds is 2. The smallest absolute Gasteiger partial charge is 0.142 e. The van der Waals surface area contributed by atoms with Crippen molar-refractivity contribution < 1.29 is 4.39 Å². The Balaban J connectivity index is 2.37. The van der Waals surface area contributed by atoms with Gasteiger partial charge in [-0.3, -0.25) is 0 Å². The average Bonchev–Trinajstić information content (AvgIpc) is 2.81. The first-order chi connectivity index (χ1) is 8.80. The van der Waals surface area contributed by atoms with Crippen LogP contribution in [-0.2, 0) is 5.41 Å². The lowest BCUT2D eigenvalue weighted by Crippen LogP contribution is -2.12. The van der Waals surface area contributed by atoms with E-state index < -0.39 is 6.04 Å². The Morgan fingerprint density at radius 3 is 2.47 bits per heavy atom. The average molecular weight is 342 g/mol. The second kappa shape index (κ2) is 5.35. The molecule has 1 heterocycles. The van der Waals surface area contributed by atoms with Gasteiger partial charge in [-0.1, -0.05) is 32.9 Å². The Morgan fingerprint density at radius 2 is 1.89 bits per heavy atom. The van der Waals surface area contributed by atoms with Crippen molar-refractivity contribution in [2.45, 2.75) is 32.2 Å². The highest BCUT2D eigenvalue weighted by Gasteiger charge is 2.21. The van der Waals surface area contributed by atoms with Crippen LogP contribution in [0.25, 0.3) is 0 Å². The molecule has 2 aromatic rings. The molecule has 2 N–H and O–H groups in total. The molecule has 0 bridgehead atoms. The van der Waals surface area contributed by atoms with E-state index in [2.05, 4.69) is 42.8 Å². The number of halogens is 2. The third-order valence-corrected chi connectivity index (χ3v) is 5.20. The molecule has 0 spiro atoms. The van der Waals surface area contributed by atoms with Gasteiger partial charge in [0.05, 0.1) is 10.5 Å². The van der Waals surface area contributed by atoms with Gasteiger partial charge < -0.3 is 5.73 Å². The number of benzene rings is 1. The Hall–Kier alpha value is -0.710. The summed E-state index contributed by atoms with van der Waals surface area (Å²) in [7, 11) is 0. The lowest BCUT2D eigenvalue weighted by molar-refractivity contribution is 0.594. The monoisotopic (exact) mass is 341 g/mol. The summed E-state index contributed by atoms with van der Waals surface area (Å²) in [6.07, 6.45) is 0. The quantitative estimate of drug-likeness (QED) is 0.817. The Bertz CT molecular complexity index is 586. The van der Waals surface area contributed by atoms with Gasteiger partial charge >= 0.3 is 0 Å². The molecule has 2 rings (SSSR count). The van der Waals surface area contributed by atoms with E-state index >= 15 is 0 Å². The number of nitrogens with two attached hydrogens (primary N) is 1. The highest BCUT2D eigenvalue weighted by atomic mass is 79.9. The maximum absolute atomic E-state index is 14.1. The largest absolute Gasteiger partial charge is 0.320 e. The van der Waals surface area contributed by atoms with E-state index in [1.165, 1.54) is 4.88 Å². The second-order valence-corrected chi connectivity index (χ2v) is 7.54. The molecule has 0 radical (unpaired) electrons. The minimum Gasteiger partial charge on any atom is -0.320 e. The fourth-order valence-electron chi connectivity index (χ4n) is 1.84. The van der Waals surface area contributed by atoms with Crippen LogP contribution >= 0.6 is 27.3 Å². The second-order valence-electron chi connectivity index (χ2n) is 5.57. The maximum Gasteiger partial charge on any atom is 0.142 e. The van der Waals surface area contributed by atoms with Crippen LogP contribution in [0.5, 0.6) is 0 Å². The standard InChI is InChI=1S/C15H17BrFNS/c1-15(2,3)12-8-7-11(19-12)14(18)9-5-4-6-10(16)13(9)17/h4-8,14H,18H2,1-3H3. The van der Waals surface area contributed by atoms with E-state index in [0.29, 0.717) is 10.0 Å². The van der Waals surface area contributed by atoms with Crippen molar-refractivity contribution in [3.63, 3.8) is 0 Å². The molecule has 0 fully saturated rings. The fourth-order valence-corrected chi connectivity index (χ4v) is 3.30. The number of hydrogen-bond acceptors (Lipinski definition) is 2. The van der Waals surface area contributed by atoms with Crippen molar-refractivity contribution in [3.05, 3.63) is 55.9 Å². The van der Waals surface area contributed by atoms with Crippen LogP contribution in [0, 0.1) is 5.82 Å². The van der Waals surface area contributed by atoms with E-state index in [0.717, 1.165) is 4.88 Å². The SMILES string of the molecule is CC(C)(C)c1ccc(C(N)c2cccc(Br)c2F)s1. The summed E-state index contributed by atoms with van der Waals surface area (Å²) in [6.45, 7) is 6.48. The molecule has 0 amide bonds. The van der Waals surface area contributed by atoms with Gasteiger partial charge in [0.25, 0.3) is 0 Å². The van der Waals surface area contributed by atoms with Crippen molar-refractivity contribution in [1.29, 1.82) is 0 Å². The van der Waals surface area contributed by atoms with Crippen LogP contribution in [0.3, 0.4) is 0 Å². The summed E-state index contributed by atoms with van der Waals surface area (Å²) in [4.78, 5) is 2.25. The van der Waals surface area contributed by atoms with Gasteiger partial charge in [-0.25, -0.2) is 4.39 Å². The number of thiophene rings is 1. The van der Waals surface area contributed by atoms with Crippen molar-refractivity contribution in [2.75, 3.05) is 0 Å². The summed E-state index contributed by atoms with van der Waals surface area (Å²) in [5.74, 6) is -0.277. The molecule has 1 aromatic carbocycles. The molecular formula is C15H17BrFNS. The highest BCUT2D eigenvalue weighted by molar-refractivity contribution is 9.10. The topological polar surface area (TPSA) is 26.0 Å². The van der Waals surface area contributed by atoms with Gasteiger partial charge in [0.15, 0.2) is 0 Å². The summed E-state index contributed by atoms with van der Waals surface area (Å²) in [6, 6.07) is 8.88. The van der Waals surface area contributed by atoms with Crippen LogP contribution < -0.4 is 5.73 Å². The molecule has 0 saturated heterocycles. The highest BCUT2D eigenvalue weighted by Crippen LogP contribution is 2.35. The van der Waals surface area contributed by atoms with Gasteiger partial charge in [-0.05, 0) is 39.5 Å². The first-order valence-corrected chi connectivity index (χ1v) is 7.71. The van der Waals surface area contributed by atoms with E-state index in [-0.39, 0.29) is 11.2 Å². The summed E-state index contributed by atoms with van der Waals surface area (Å²) >= 11 is 4.85. The predicted octanol–water partition coefficient (Wildman–Crippen LogP) is 5.00. The third-order valence-electron chi connectivity index (χ3n) is 2.99. The van der Waals surface area contributed by atoms with Crippen LogP contribution in [0.4, 0.5) is 4.39 Å². The molecule has 1 atom stereocenters. The first kappa shape index (κ1) is 14.7. The molecule has 1 nitrogen and oxygen atoms in total. The lowest BCUT2D eigenvalue weighted by Gasteiger charge is -2.16. The normalized spacial score (nSPS) is 13.6. The third kappa shape index (κ3) is 3.07. The van der Waals surface area contributed by atoms with E-state index in [1.54, 1.807) is 29.5 Å². The summed E-state index contributed by atoms with van der Waals surface area (Å²) in [5, 5.41) is 0. The van der Waals surface area contributed by atoms with Crippen LogP contribution in [-0.4, -0.2) is 0 Å². The molecule has 0 aliphatic heterocycles. The molecule has 1 aromatic heterocycles. The maximum atomic E-state index is 14.1. The molecule has 0 saturated carbocycles. The van der Waals surface area contributed by atoms with Crippen LogP contribution in [0.1, 0.15) is 42.1 Å². The minimum atomic E-state index is -0.418. The predicted molar refractivity (Wildman–Crippen MR) is 83.1 cm³/mol. The molecular weight excluding hydrogens is 325 g/mol. The van der Waals surface area contributed by atoms with Crippen molar-refractivity contribution in [2.24, 2.45) is 5.73 Å². The summed E-state index contributed by atoms with van der Waals surface area (Å²) in [5.41, 5.74) is 6.81. The van der Waals surface area contributed by atoms with E-state index in [9.17, 15) is 4.39 Å². The van der Waals surface area contributed by atoms with E-state index in [4.69, 9.17) is 5.73 Å². The Kier molecular flexibility index (Phi) is 4.14. The summed E-state index contributed by atoms with van der Waals surface area (Å²) < 4.78 is 14.5. The van der Waals surface area contributed by atoms with Crippen molar-refractivity contribution >= 4 is 27.3 Å². The zero-order valence-corrected chi connectivity index (χ0v) is 13.6. The minimum absolute atomic E-state index is 0.0957. The Morgan fingerprint density at radius 1 is 1.21 bits per heavy atom. The zero-order valence-electron chi connectivity index (χ0n) is 11.2. The van der Waals surface area contributed by atoms with E-state index in [1.807, 2.05) is 6.07 Å². The molecule has 4 heteroatoms. The Labute approximate surface area is 125 Å². The molecule has 1 unspecified atom stereocenters. The fraction of sp³-hybridized carbons (Fsp3) is 0.333. The van der Waals surface area contributed by atoms with Crippen LogP contribution in [0.2, 0.25) is 0 Å². The van der Waals surface area contributed by atoms with Gasteiger partial charge in [0, 0.05) is 15.3 Å². The van der Waals surface area contributed by atoms with Crippen molar-refractivity contribution in [3.8, 4) is 0 Å². The first-order valence-electron chi connectivity index (χ1n) is 6.10. The lowest BCUT2D eigenvalue weighted by atomic mass is 9.95. The van der Waals surface area contributed by atoms with Crippen molar-refractivity contribution in [1.82, 2.24) is 0 Å². The molecule has 19 heavy (non-hydrogen) atoms. The van der Waals surface area contributed by atoms with Crippen LogP contribution in [0.15, 0.2) is 34.8 Å². The molecule has 0 aliphatic carbocycles. The molecule has 0 aliphatic rings. The van der Waals surface area contributed by atoms with Gasteiger partial charge in [0.1, 0.15) is 5.82 Å².